The number of amidine groups is 2. The molecule has 94 valence electrons. The average molecular weight is 251 g/mol. The Morgan fingerprint density at radius 2 is 1.68 bits per heavy atom. The van der Waals surface area contributed by atoms with E-state index in [2.05, 4.69) is 9.98 Å². The monoisotopic (exact) mass is 251 g/mol. The number of methoxy groups -OCH3 is 1. The van der Waals surface area contributed by atoms with Gasteiger partial charge in [0.25, 0.3) is 0 Å². The smallest absolute Gasteiger partial charge is 0.163 e. The molecule has 0 saturated carbocycles. The highest BCUT2D eigenvalue weighted by Gasteiger charge is 2.19. The normalized spacial score (nSPS) is 15.2. The maximum Gasteiger partial charge on any atom is 0.163 e. The Morgan fingerprint density at radius 3 is 2.47 bits per heavy atom. The minimum absolute atomic E-state index is 0.504. The highest BCUT2D eigenvalue weighted by Crippen LogP contribution is 2.29. The van der Waals surface area contributed by atoms with Crippen LogP contribution in [0.25, 0.3) is 0 Å². The number of aliphatic imine (C=N–C) groups is 2. The van der Waals surface area contributed by atoms with Crippen LogP contribution in [0, 0.1) is 0 Å². The molecular weight excluding hydrogens is 238 g/mol. The summed E-state index contributed by atoms with van der Waals surface area (Å²) in [5.74, 6) is 1.84. The second kappa shape index (κ2) is 4.57. The number of hydrogen-bond donors (Lipinski definition) is 1. The Labute approximate surface area is 111 Å². The molecule has 2 aromatic rings. The van der Waals surface area contributed by atoms with Gasteiger partial charge in [-0.2, -0.15) is 0 Å². The van der Waals surface area contributed by atoms with E-state index in [1.54, 1.807) is 7.11 Å². The van der Waals surface area contributed by atoms with Gasteiger partial charge in [0.05, 0.1) is 7.11 Å². The number of nitrogens with zero attached hydrogens (tertiary/aromatic N) is 2. The summed E-state index contributed by atoms with van der Waals surface area (Å²) >= 11 is 0. The second-order valence-electron chi connectivity index (χ2n) is 4.15. The fraction of sp³-hybridized carbons (Fsp3) is 0.0667. The van der Waals surface area contributed by atoms with E-state index >= 15 is 0 Å². The van der Waals surface area contributed by atoms with Crippen molar-refractivity contribution >= 4 is 17.4 Å². The van der Waals surface area contributed by atoms with Gasteiger partial charge in [0.15, 0.2) is 5.84 Å². The summed E-state index contributed by atoms with van der Waals surface area (Å²) < 4.78 is 5.28. The molecular formula is C15H13N3O. The predicted octanol–water partition coefficient (Wildman–Crippen LogP) is 2.49. The van der Waals surface area contributed by atoms with Gasteiger partial charge in [-0.15, -0.1) is 0 Å². The number of benzene rings is 2. The zero-order chi connectivity index (χ0) is 13.2. The molecule has 1 aliphatic rings. The molecule has 0 unspecified atom stereocenters. The van der Waals surface area contributed by atoms with Crippen LogP contribution in [0.1, 0.15) is 11.1 Å². The summed E-state index contributed by atoms with van der Waals surface area (Å²) in [5.41, 5.74) is 8.52. The Hall–Kier alpha value is -2.62. The summed E-state index contributed by atoms with van der Waals surface area (Å²) in [5, 5.41) is 0. The summed E-state index contributed by atoms with van der Waals surface area (Å²) in [6.07, 6.45) is 0. The van der Waals surface area contributed by atoms with E-state index in [-0.39, 0.29) is 0 Å². The summed E-state index contributed by atoms with van der Waals surface area (Å²) in [6, 6.07) is 15.4. The molecule has 0 radical (unpaired) electrons. The van der Waals surface area contributed by atoms with Crippen LogP contribution in [0.3, 0.4) is 0 Å². The first-order chi connectivity index (χ1) is 9.29. The van der Waals surface area contributed by atoms with Gasteiger partial charge in [-0.05, 0) is 12.1 Å². The molecule has 0 amide bonds. The Balaban J connectivity index is 2.11. The maximum absolute atomic E-state index is 5.90. The van der Waals surface area contributed by atoms with Crippen LogP contribution in [0.2, 0.25) is 0 Å². The number of rotatable bonds is 2. The number of hydrogen-bond acceptors (Lipinski definition) is 3. The minimum Gasteiger partial charge on any atom is -0.494 e. The van der Waals surface area contributed by atoms with Crippen molar-refractivity contribution in [3.63, 3.8) is 0 Å². The molecule has 0 aliphatic carbocycles. The molecule has 1 heterocycles. The standard InChI is InChI=1S/C15H13N3O/c1-19-13-9-5-4-8-12(13)17-15-11-7-3-2-6-10(11)14(16)18-15/h2-9H,1H3,(H2,16,17,18). The average Bonchev–Trinajstić information content (AvgIpc) is 2.77. The van der Waals surface area contributed by atoms with Crippen LogP contribution >= 0.6 is 0 Å². The molecule has 0 fully saturated rings. The van der Waals surface area contributed by atoms with Crippen LogP contribution < -0.4 is 10.5 Å². The van der Waals surface area contributed by atoms with E-state index in [1.807, 2.05) is 48.5 Å². The zero-order valence-corrected chi connectivity index (χ0v) is 10.5. The van der Waals surface area contributed by atoms with Gasteiger partial charge in [-0.3, -0.25) is 0 Å². The van der Waals surface area contributed by atoms with Crippen molar-refractivity contribution in [2.24, 2.45) is 15.7 Å². The number of para-hydroxylation sites is 2. The van der Waals surface area contributed by atoms with Gasteiger partial charge in [0, 0.05) is 11.1 Å². The molecule has 4 nitrogen and oxygen atoms in total. The molecule has 2 N–H and O–H groups in total. The number of ether oxygens (including phenoxy) is 1. The van der Waals surface area contributed by atoms with Gasteiger partial charge >= 0.3 is 0 Å². The first-order valence-corrected chi connectivity index (χ1v) is 5.95. The summed E-state index contributed by atoms with van der Waals surface area (Å²) in [4.78, 5) is 8.86. The molecule has 2 aromatic carbocycles. The Kier molecular flexibility index (Phi) is 2.76. The van der Waals surface area contributed by atoms with Crippen molar-refractivity contribution in [3.05, 3.63) is 59.7 Å². The van der Waals surface area contributed by atoms with Crippen LogP contribution in [0.5, 0.6) is 5.75 Å². The SMILES string of the molecule is COc1ccccc1N=C1N=C(N)c2ccccc21. The van der Waals surface area contributed by atoms with Gasteiger partial charge in [-0.1, -0.05) is 36.4 Å². The van der Waals surface area contributed by atoms with E-state index in [9.17, 15) is 0 Å². The van der Waals surface area contributed by atoms with Gasteiger partial charge in [0.2, 0.25) is 0 Å². The first-order valence-electron chi connectivity index (χ1n) is 5.95. The fourth-order valence-electron chi connectivity index (χ4n) is 2.06. The van der Waals surface area contributed by atoms with E-state index in [4.69, 9.17) is 10.5 Å². The van der Waals surface area contributed by atoms with Crippen LogP contribution in [0.4, 0.5) is 5.69 Å². The molecule has 0 spiro atoms. The van der Waals surface area contributed by atoms with E-state index in [1.165, 1.54) is 0 Å². The molecule has 0 aromatic heterocycles. The highest BCUT2D eigenvalue weighted by atomic mass is 16.5. The summed E-state index contributed by atoms with van der Waals surface area (Å²) in [7, 11) is 1.62. The number of fused-ring (bicyclic) bond motifs is 1. The van der Waals surface area contributed by atoms with Crippen molar-refractivity contribution in [2.75, 3.05) is 7.11 Å². The molecule has 3 rings (SSSR count). The molecule has 0 saturated heterocycles. The lowest BCUT2D eigenvalue weighted by atomic mass is 10.1. The lowest BCUT2D eigenvalue weighted by Gasteiger charge is -2.04. The van der Waals surface area contributed by atoms with E-state index in [0.29, 0.717) is 17.4 Å². The zero-order valence-electron chi connectivity index (χ0n) is 10.5. The van der Waals surface area contributed by atoms with Crippen molar-refractivity contribution < 1.29 is 4.74 Å². The van der Waals surface area contributed by atoms with Gasteiger partial charge in [-0.25, -0.2) is 9.98 Å². The summed E-state index contributed by atoms with van der Waals surface area (Å²) in [6.45, 7) is 0. The van der Waals surface area contributed by atoms with Crippen molar-refractivity contribution in [2.45, 2.75) is 0 Å². The Morgan fingerprint density at radius 1 is 1.00 bits per heavy atom. The predicted molar refractivity (Wildman–Crippen MR) is 76.4 cm³/mol. The fourth-order valence-corrected chi connectivity index (χ4v) is 2.06. The van der Waals surface area contributed by atoms with Crippen molar-refractivity contribution in [1.29, 1.82) is 0 Å². The highest BCUT2D eigenvalue weighted by molar-refractivity contribution is 6.22. The second-order valence-corrected chi connectivity index (χ2v) is 4.15. The first kappa shape index (κ1) is 11.5. The molecule has 0 atom stereocenters. The third kappa shape index (κ3) is 1.97. The lowest BCUT2D eigenvalue weighted by molar-refractivity contribution is 0.416. The maximum atomic E-state index is 5.90. The van der Waals surface area contributed by atoms with Crippen LogP contribution in [0.15, 0.2) is 58.5 Å². The minimum atomic E-state index is 0.504. The Bertz CT molecular complexity index is 689. The van der Waals surface area contributed by atoms with Gasteiger partial charge in [0.1, 0.15) is 17.3 Å². The van der Waals surface area contributed by atoms with Crippen molar-refractivity contribution in [3.8, 4) is 5.75 Å². The molecule has 4 heteroatoms. The van der Waals surface area contributed by atoms with Crippen LogP contribution in [-0.2, 0) is 0 Å². The quantitative estimate of drug-likeness (QED) is 0.891. The van der Waals surface area contributed by atoms with Crippen LogP contribution in [-0.4, -0.2) is 18.8 Å². The number of nitrogens with two attached hydrogens (primary N) is 1. The van der Waals surface area contributed by atoms with Crippen molar-refractivity contribution in [1.82, 2.24) is 0 Å². The van der Waals surface area contributed by atoms with E-state index < -0.39 is 0 Å². The third-order valence-electron chi connectivity index (χ3n) is 2.98. The largest absolute Gasteiger partial charge is 0.494 e. The lowest BCUT2D eigenvalue weighted by Crippen LogP contribution is -2.09. The third-order valence-corrected chi connectivity index (χ3v) is 2.98. The molecule has 1 aliphatic heterocycles. The van der Waals surface area contributed by atoms with E-state index in [0.717, 1.165) is 16.8 Å². The topological polar surface area (TPSA) is 60.0 Å². The molecule has 0 bridgehead atoms. The van der Waals surface area contributed by atoms with Gasteiger partial charge < -0.3 is 10.5 Å². The molecule has 19 heavy (non-hydrogen) atoms.